The van der Waals surface area contributed by atoms with Crippen LogP contribution in [0.3, 0.4) is 0 Å². The lowest BCUT2D eigenvalue weighted by molar-refractivity contribution is 0.317. The molecular formula is C18H16BrNO3. The molecule has 0 atom stereocenters. The quantitative estimate of drug-likeness (QED) is 0.613. The summed E-state index contributed by atoms with van der Waals surface area (Å²) in [6, 6.07) is 12.9. The van der Waals surface area contributed by atoms with Crippen LogP contribution >= 0.6 is 15.9 Å². The van der Waals surface area contributed by atoms with Crippen LogP contribution in [0, 0.1) is 11.3 Å². The summed E-state index contributed by atoms with van der Waals surface area (Å²) < 4.78 is 11.0. The number of hydrogen-bond acceptors (Lipinski definition) is 4. The van der Waals surface area contributed by atoms with Gasteiger partial charge in [-0.3, -0.25) is 0 Å². The Morgan fingerprint density at radius 2 is 2.00 bits per heavy atom. The van der Waals surface area contributed by atoms with Gasteiger partial charge < -0.3 is 14.6 Å². The molecule has 0 unspecified atom stereocenters. The lowest BCUT2D eigenvalue weighted by Gasteiger charge is -2.09. The largest absolute Gasteiger partial charge is 0.503 e. The average molecular weight is 374 g/mol. The zero-order valence-electron chi connectivity index (χ0n) is 12.8. The number of rotatable bonds is 5. The Kier molecular flexibility index (Phi) is 5.67. The molecule has 118 valence electrons. The Balaban J connectivity index is 2.43. The number of phenolic OH excluding ortho intramolecular Hbond substituents is 1. The summed E-state index contributed by atoms with van der Waals surface area (Å²) in [4.78, 5) is 0. The summed E-state index contributed by atoms with van der Waals surface area (Å²) in [7, 11) is 1.60. The third-order valence-electron chi connectivity index (χ3n) is 3.18. The Bertz CT molecular complexity index is 761. The van der Waals surface area contributed by atoms with Gasteiger partial charge in [0.15, 0.2) is 11.5 Å². The van der Waals surface area contributed by atoms with Gasteiger partial charge in [-0.1, -0.05) is 0 Å². The van der Waals surface area contributed by atoms with E-state index in [1.165, 1.54) is 0 Å². The molecule has 0 aliphatic heterocycles. The van der Waals surface area contributed by atoms with Gasteiger partial charge in [-0.05, 0) is 76.5 Å². The van der Waals surface area contributed by atoms with Crippen LogP contribution in [0.25, 0.3) is 11.6 Å². The fourth-order valence-electron chi connectivity index (χ4n) is 2.06. The third kappa shape index (κ3) is 4.05. The predicted octanol–water partition coefficient (Wildman–Crippen LogP) is 4.63. The van der Waals surface area contributed by atoms with E-state index in [0.29, 0.717) is 22.4 Å². The summed E-state index contributed by atoms with van der Waals surface area (Å²) in [6.07, 6.45) is 1.74. The molecule has 0 aromatic heterocycles. The summed E-state index contributed by atoms with van der Waals surface area (Å²) in [5, 5.41) is 19.4. The highest BCUT2D eigenvalue weighted by molar-refractivity contribution is 9.10. The first-order valence-corrected chi connectivity index (χ1v) is 7.79. The number of benzene rings is 2. The van der Waals surface area contributed by atoms with Crippen LogP contribution in [0.4, 0.5) is 0 Å². The first-order chi connectivity index (χ1) is 11.1. The summed E-state index contributed by atoms with van der Waals surface area (Å²) in [5.74, 6) is 1.16. The van der Waals surface area contributed by atoms with Gasteiger partial charge in [0.1, 0.15) is 5.75 Å². The zero-order chi connectivity index (χ0) is 16.8. The Morgan fingerprint density at radius 3 is 2.57 bits per heavy atom. The van der Waals surface area contributed by atoms with E-state index in [1.807, 2.05) is 19.1 Å². The standard InChI is InChI=1S/C18H16BrNO3/c1-3-23-17-10-12(9-16(19)18(17)21)8-14(11-20)13-4-6-15(22-2)7-5-13/h4-10,21H,3H2,1-2H3/b14-8+. The van der Waals surface area contributed by atoms with E-state index in [0.717, 1.165) is 16.9 Å². The van der Waals surface area contributed by atoms with Crippen molar-refractivity contribution >= 4 is 27.6 Å². The zero-order valence-corrected chi connectivity index (χ0v) is 14.4. The number of halogens is 1. The predicted molar refractivity (Wildman–Crippen MR) is 93.5 cm³/mol. The SMILES string of the molecule is CCOc1cc(/C=C(\C#N)c2ccc(OC)cc2)cc(Br)c1O. The van der Waals surface area contributed by atoms with E-state index < -0.39 is 0 Å². The lowest BCUT2D eigenvalue weighted by atomic mass is 10.0. The molecule has 0 saturated heterocycles. The van der Waals surface area contributed by atoms with Crippen molar-refractivity contribution in [1.29, 1.82) is 5.26 Å². The highest BCUT2D eigenvalue weighted by atomic mass is 79.9. The van der Waals surface area contributed by atoms with Crippen molar-refractivity contribution in [1.82, 2.24) is 0 Å². The van der Waals surface area contributed by atoms with Crippen LogP contribution in [0.5, 0.6) is 17.2 Å². The molecule has 0 amide bonds. The smallest absolute Gasteiger partial charge is 0.172 e. The number of allylic oxidation sites excluding steroid dienone is 1. The lowest BCUT2D eigenvalue weighted by Crippen LogP contribution is -1.93. The van der Waals surface area contributed by atoms with Gasteiger partial charge in [0.25, 0.3) is 0 Å². The second-order valence-corrected chi connectivity index (χ2v) is 5.54. The van der Waals surface area contributed by atoms with Crippen molar-refractivity contribution in [2.45, 2.75) is 6.92 Å². The monoisotopic (exact) mass is 373 g/mol. The number of nitriles is 1. The molecule has 0 bridgehead atoms. The van der Waals surface area contributed by atoms with Crippen LogP contribution in [0.2, 0.25) is 0 Å². The van der Waals surface area contributed by atoms with Crippen molar-refractivity contribution in [3.8, 4) is 23.3 Å². The second-order valence-electron chi connectivity index (χ2n) is 4.68. The minimum atomic E-state index is 0.0481. The van der Waals surface area contributed by atoms with Crippen LogP contribution in [-0.2, 0) is 0 Å². The maximum Gasteiger partial charge on any atom is 0.172 e. The van der Waals surface area contributed by atoms with Crippen LogP contribution in [0.15, 0.2) is 40.9 Å². The van der Waals surface area contributed by atoms with Gasteiger partial charge in [-0.25, -0.2) is 0 Å². The average Bonchev–Trinajstić information content (AvgIpc) is 2.57. The Labute approximate surface area is 143 Å². The Morgan fingerprint density at radius 1 is 1.30 bits per heavy atom. The molecule has 5 heteroatoms. The molecule has 0 radical (unpaired) electrons. The summed E-state index contributed by atoms with van der Waals surface area (Å²) in [6.45, 7) is 2.28. The molecule has 0 spiro atoms. The molecule has 0 aliphatic carbocycles. The molecule has 4 nitrogen and oxygen atoms in total. The van der Waals surface area contributed by atoms with E-state index in [-0.39, 0.29) is 5.75 Å². The van der Waals surface area contributed by atoms with E-state index in [4.69, 9.17) is 9.47 Å². The maximum atomic E-state index is 9.95. The third-order valence-corrected chi connectivity index (χ3v) is 3.79. The van der Waals surface area contributed by atoms with Gasteiger partial charge in [-0.2, -0.15) is 5.26 Å². The van der Waals surface area contributed by atoms with Gasteiger partial charge in [-0.15, -0.1) is 0 Å². The number of ether oxygens (including phenoxy) is 2. The highest BCUT2D eigenvalue weighted by Gasteiger charge is 2.09. The van der Waals surface area contributed by atoms with Gasteiger partial charge >= 0.3 is 0 Å². The van der Waals surface area contributed by atoms with Crippen molar-refractivity contribution in [3.63, 3.8) is 0 Å². The van der Waals surface area contributed by atoms with E-state index in [1.54, 1.807) is 37.5 Å². The molecule has 2 aromatic carbocycles. The number of nitrogens with zero attached hydrogens (tertiary/aromatic N) is 1. The molecule has 0 fully saturated rings. The van der Waals surface area contributed by atoms with Crippen molar-refractivity contribution in [2.24, 2.45) is 0 Å². The highest BCUT2D eigenvalue weighted by Crippen LogP contribution is 2.36. The van der Waals surface area contributed by atoms with Crippen molar-refractivity contribution in [3.05, 3.63) is 52.0 Å². The maximum absolute atomic E-state index is 9.95. The normalized spacial score (nSPS) is 11.0. The molecule has 2 rings (SSSR count). The van der Waals surface area contributed by atoms with Crippen molar-refractivity contribution < 1.29 is 14.6 Å². The number of hydrogen-bond donors (Lipinski definition) is 1. The van der Waals surface area contributed by atoms with Gasteiger partial charge in [0.2, 0.25) is 0 Å². The topological polar surface area (TPSA) is 62.5 Å². The number of methoxy groups -OCH3 is 1. The Hall–Kier alpha value is -2.45. The first-order valence-electron chi connectivity index (χ1n) is 7.00. The number of phenols is 1. The first kappa shape index (κ1) is 16.9. The van der Waals surface area contributed by atoms with Crippen LogP contribution in [-0.4, -0.2) is 18.8 Å². The fourth-order valence-corrected chi connectivity index (χ4v) is 2.52. The van der Waals surface area contributed by atoms with Crippen LogP contribution < -0.4 is 9.47 Å². The summed E-state index contributed by atoms with van der Waals surface area (Å²) >= 11 is 3.30. The van der Waals surface area contributed by atoms with Gasteiger partial charge in [0.05, 0.1) is 29.8 Å². The van der Waals surface area contributed by atoms with E-state index >= 15 is 0 Å². The molecule has 0 saturated carbocycles. The van der Waals surface area contributed by atoms with E-state index in [2.05, 4.69) is 22.0 Å². The molecular weight excluding hydrogens is 358 g/mol. The molecule has 2 aromatic rings. The van der Waals surface area contributed by atoms with Gasteiger partial charge in [0, 0.05) is 0 Å². The number of aromatic hydroxyl groups is 1. The van der Waals surface area contributed by atoms with Crippen molar-refractivity contribution in [2.75, 3.05) is 13.7 Å². The molecule has 0 aliphatic rings. The minimum Gasteiger partial charge on any atom is -0.503 e. The molecule has 0 heterocycles. The fraction of sp³-hybridized carbons (Fsp3) is 0.167. The van der Waals surface area contributed by atoms with Crippen LogP contribution in [0.1, 0.15) is 18.1 Å². The molecule has 1 N–H and O–H groups in total. The van der Waals surface area contributed by atoms with E-state index in [9.17, 15) is 10.4 Å². The minimum absolute atomic E-state index is 0.0481. The summed E-state index contributed by atoms with van der Waals surface area (Å²) in [5.41, 5.74) is 2.05. The second kappa shape index (κ2) is 7.70. The molecule has 23 heavy (non-hydrogen) atoms.